The largest absolute Gasteiger partial charge is 0.456 e. The third-order valence-corrected chi connectivity index (χ3v) is 8.80. The normalized spacial score (nSPS) is 14.6. The minimum atomic E-state index is 0.391. The lowest BCUT2D eigenvalue weighted by Crippen LogP contribution is -2.00. The Bertz CT molecular complexity index is 2470. The summed E-state index contributed by atoms with van der Waals surface area (Å²) in [6, 6.07) is 42.1. The van der Waals surface area contributed by atoms with Crippen LogP contribution >= 0.6 is 0 Å². The lowest BCUT2D eigenvalue weighted by atomic mass is 9.90. The van der Waals surface area contributed by atoms with Crippen LogP contribution in [-0.4, -0.2) is 15.0 Å². The minimum absolute atomic E-state index is 0.391. The van der Waals surface area contributed by atoms with Crippen molar-refractivity contribution in [1.29, 1.82) is 0 Å². The fourth-order valence-electron chi connectivity index (χ4n) is 6.50. The van der Waals surface area contributed by atoms with E-state index in [9.17, 15) is 0 Å². The van der Waals surface area contributed by atoms with Crippen LogP contribution in [0.5, 0.6) is 0 Å². The van der Waals surface area contributed by atoms with Gasteiger partial charge in [0.25, 0.3) is 0 Å². The van der Waals surface area contributed by atoms with Crippen LogP contribution in [0.25, 0.3) is 77.6 Å². The highest BCUT2D eigenvalue weighted by molar-refractivity contribution is 6.15. The molecule has 0 bridgehead atoms. The molecule has 9 rings (SSSR count). The van der Waals surface area contributed by atoms with Crippen LogP contribution in [0.4, 0.5) is 0 Å². The number of nitrogens with zero attached hydrogens (tertiary/aromatic N) is 3. The van der Waals surface area contributed by atoms with Crippen LogP contribution in [0.15, 0.2) is 150 Å². The number of rotatable bonds is 4. The van der Waals surface area contributed by atoms with Gasteiger partial charge in [0.15, 0.2) is 17.5 Å². The molecule has 0 aliphatic heterocycles. The predicted molar refractivity (Wildman–Crippen MR) is 184 cm³/mol. The molecule has 8 aromatic rings. The maximum Gasteiger partial charge on any atom is 0.164 e. The molecule has 1 atom stereocenters. The van der Waals surface area contributed by atoms with Crippen LogP contribution in [0.3, 0.4) is 0 Å². The molecule has 212 valence electrons. The molecule has 0 saturated heterocycles. The zero-order valence-corrected chi connectivity index (χ0v) is 24.4. The van der Waals surface area contributed by atoms with E-state index in [0.717, 1.165) is 55.8 Å². The van der Waals surface area contributed by atoms with Crippen molar-refractivity contribution < 1.29 is 4.42 Å². The lowest BCUT2D eigenvalue weighted by molar-refractivity contribution is 0.669. The Morgan fingerprint density at radius 3 is 2.18 bits per heavy atom. The lowest BCUT2D eigenvalue weighted by Gasteiger charge is -2.14. The average Bonchev–Trinajstić information content (AvgIpc) is 3.48. The molecule has 4 nitrogen and oxygen atoms in total. The van der Waals surface area contributed by atoms with Gasteiger partial charge in [-0.25, -0.2) is 15.0 Å². The Kier molecular flexibility index (Phi) is 5.91. The van der Waals surface area contributed by atoms with E-state index < -0.39 is 0 Å². The van der Waals surface area contributed by atoms with E-state index in [0.29, 0.717) is 23.4 Å². The van der Waals surface area contributed by atoms with E-state index in [4.69, 9.17) is 19.4 Å². The molecule has 6 aromatic carbocycles. The molecular formula is C41H27N3O. The molecule has 0 fully saturated rings. The van der Waals surface area contributed by atoms with Crippen molar-refractivity contribution >= 4 is 43.5 Å². The fourth-order valence-corrected chi connectivity index (χ4v) is 6.50. The number of hydrogen-bond donors (Lipinski definition) is 0. The van der Waals surface area contributed by atoms with Crippen LogP contribution in [0.2, 0.25) is 0 Å². The smallest absolute Gasteiger partial charge is 0.164 e. The SMILES string of the molecule is C1=CCC(c2ccc3cc4oc5cccc(-c6nc(-c7ccccc7)nc(-c7ccc8ccccc8c7)n6)c5c4cc3c2)C=C1. The quantitative estimate of drug-likeness (QED) is 0.209. The summed E-state index contributed by atoms with van der Waals surface area (Å²) in [6.07, 6.45) is 9.80. The maximum absolute atomic E-state index is 6.46. The summed E-state index contributed by atoms with van der Waals surface area (Å²) < 4.78 is 6.46. The second-order valence-electron chi connectivity index (χ2n) is 11.6. The van der Waals surface area contributed by atoms with E-state index in [2.05, 4.69) is 103 Å². The molecule has 0 N–H and O–H groups in total. The Labute approximate surface area is 260 Å². The van der Waals surface area contributed by atoms with E-state index in [1.807, 2.05) is 42.5 Å². The highest BCUT2D eigenvalue weighted by atomic mass is 16.3. The first-order chi connectivity index (χ1) is 22.3. The van der Waals surface area contributed by atoms with E-state index in [1.54, 1.807) is 0 Å². The minimum Gasteiger partial charge on any atom is -0.456 e. The summed E-state index contributed by atoms with van der Waals surface area (Å²) in [5.41, 5.74) is 5.79. The molecule has 0 saturated carbocycles. The summed E-state index contributed by atoms with van der Waals surface area (Å²) >= 11 is 0. The number of fused-ring (bicyclic) bond motifs is 5. The topological polar surface area (TPSA) is 51.8 Å². The van der Waals surface area contributed by atoms with Crippen LogP contribution in [-0.2, 0) is 0 Å². The first-order valence-electron chi connectivity index (χ1n) is 15.3. The van der Waals surface area contributed by atoms with Gasteiger partial charge in [0.05, 0.1) is 0 Å². The van der Waals surface area contributed by atoms with Crippen molar-refractivity contribution in [1.82, 2.24) is 15.0 Å². The summed E-state index contributed by atoms with van der Waals surface area (Å²) in [5, 5.41) is 6.74. The first-order valence-corrected chi connectivity index (χ1v) is 15.3. The second kappa shape index (κ2) is 10.4. The number of benzene rings is 6. The van der Waals surface area contributed by atoms with E-state index in [1.165, 1.54) is 16.3 Å². The molecule has 1 unspecified atom stereocenters. The van der Waals surface area contributed by atoms with Crippen molar-refractivity contribution in [2.24, 2.45) is 0 Å². The van der Waals surface area contributed by atoms with Crippen LogP contribution in [0.1, 0.15) is 17.9 Å². The number of aromatic nitrogens is 3. The number of furan rings is 1. The zero-order chi connectivity index (χ0) is 29.7. The summed E-state index contributed by atoms with van der Waals surface area (Å²) in [6.45, 7) is 0. The monoisotopic (exact) mass is 577 g/mol. The van der Waals surface area contributed by atoms with Gasteiger partial charge in [0, 0.05) is 33.4 Å². The van der Waals surface area contributed by atoms with Gasteiger partial charge in [0.2, 0.25) is 0 Å². The molecule has 45 heavy (non-hydrogen) atoms. The maximum atomic E-state index is 6.46. The third kappa shape index (κ3) is 4.50. The zero-order valence-electron chi connectivity index (χ0n) is 24.4. The van der Waals surface area contributed by atoms with Crippen molar-refractivity contribution in [3.05, 3.63) is 151 Å². The molecule has 0 spiro atoms. The molecule has 2 heterocycles. The number of allylic oxidation sites excluding steroid dienone is 4. The molecule has 0 amide bonds. The third-order valence-electron chi connectivity index (χ3n) is 8.80. The standard InChI is InChI=1S/C41H27N3O/c1-3-10-26(11-4-1)30-19-20-31-25-37-35(24-33(31)23-30)38-34(16-9-17-36(38)45-37)41-43-39(28-13-5-2-6-14-28)42-40(44-41)32-21-18-27-12-7-8-15-29(27)22-32/h1-10,12-26H,11H2. The van der Waals surface area contributed by atoms with Gasteiger partial charge < -0.3 is 4.42 Å². The van der Waals surface area contributed by atoms with Crippen LogP contribution < -0.4 is 0 Å². The number of hydrogen-bond acceptors (Lipinski definition) is 4. The summed E-state index contributed by atoms with van der Waals surface area (Å²) in [7, 11) is 0. The molecule has 4 heteroatoms. The van der Waals surface area contributed by atoms with Gasteiger partial charge in [-0.3, -0.25) is 0 Å². The van der Waals surface area contributed by atoms with Crippen molar-refractivity contribution in [2.75, 3.05) is 0 Å². The van der Waals surface area contributed by atoms with Gasteiger partial charge >= 0.3 is 0 Å². The summed E-state index contributed by atoms with van der Waals surface area (Å²) in [5.74, 6) is 2.28. The van der Waals surface area contributed by atoms with Gasteiger partial charge in [-0.2, -0.15) is 0 Å². The highest BCUT2D eigenvalue weighted by Gasteiger charge is 2.19. The van der Waals surface area contributed by atoms with Gasteiger partial charge in [-0.1, -0.05) is 121 Å². The highest BCUT2D eigenvalue weighted by Crippen LogP contribution is 2.39. The van der Waals surface area contributed by atoms with E-state index >= 15 is 0 Å². The first kappa shape index (κ1) is 25.6. The van der Waals surface area contributed by atoms with Crippen molar-refractivity contribution in [3.63, 3.8) is 0 Å². The second-order valence-corrected chi connectivity index (χ2v) is 11.6. The van der Waals surface area contributed by atoms with Gasteiger partial charge in [-0.15, -0.1) is 0 Å². The Morgan fingerprint density at radius 2 is 1.31 bits per heavy atom. The fraction of sp³-hybridized carbons (Fsp3) is 0.0488. The van der Waals surface area contributed by atoms with Gasteiger partial charge in [0.1, 0.15) is 11.2 Å². The van der Waals surface area contributed by atoms with Crippen LogP contribution in [0, 0.1) is 0 Å². The van der Waals surface area contributed by atoms with Crippen molar-refractivity contribution in [2.45, 2.75) is 12.3 Å². The summed E-state index contributed by atoms with van der Waals surface area (Å²) in [4.78, 5) is 15.1. The Balaban J connectivity index is 1.26. The van der Waals surface area contributed by atoms with E-state index in [-0.39, 0.29) is 0 Å². The molecule has 1 aliphatic rings. The van der Waals surface area contributed by atoms with Gasteiger partial charge in [-0.05, 0) is 57.8 Å². The molecule has 1 aliphatic carbocycles. The Hall–Kier alpha value is -5.87. The Morgan fingerprint density at radius 1 is 0.533 bits per heavy atom. The van der Waals surface area contributed by atoms with Crippen molar-refractivity contribution in [3.8, 4) is 34.2 Å². The molecular weight excluding hydrogens is 550 g/mol. The molecule has 0 radical (unpaired) electrons. The predicted octanol–water partition coefficient (Wildman–Crippen LogP) is 10.7. The average molecular weight is 578 g/mol. The molecule has 2 aromatic heterocycles.